The van der Waals surface area contributed by atoms with E-state index in [1.165, 1.54) is 71.6 Å². The molecule has 0 bridgehead atoms. The summed E-state index contributed by atoms with van der Waals surface area (Å²) in [5.41, 5.74) is 17.4. The molecule has 59 heavy (non-hydrogen) atoms. The summed E-state index contributed by atoms with van der Waals surface area (Å²) in [6, 6.07) is 74.3. The lowest BCUT2D eigenvalue weighted by atomic mass is 9.78. The summed E-state index contributed by atoms with van der Waals surface area (Å²) in [7, 11) is 0. The predicted octanol–water partition coefficient (Wildman–Crippen LogP) is 15.1. The summed E-state index contributed by atoms with van der Waals surface area (Å²) in [6.45, 7) is 4.77. The number of hydrogen-bond acceptors (Lipinski definition) is 2. The minimum absolute atomic E-state index is 0.169. The number of hydrogen-bond donors (Lipinski definition) is 0. The number of rotatable bonds is 6. The van der Waals surface area contributed by atoms with Crippen molar-refractivity contribution < 1.29 is 0 Å². The van der Waals surface area contributed by atoms with Gasteiger partial charge in [0.05, 0.1) is 11.4 Å². The molecule has 2 heteroatoms. The van der Waals surface area contributed by atoms with Crippen LogP contribution >= 0.6 is 0 Å². The van der Waals surface area contributed by atoms with Gasteiger partial charge in [0.2, 0.25) is 0 Å². The zero-order chi connectivity index (χ0) is 39.5. The number of fused-ring (bicyclic) bond motifs is 5. The number of benzene rings is 9. The van der Waals surface area contributed by atoms with Gasteiger partial charge in [0.25, 0.3) is 0 Å². The lowest BCUT2D eigenvalue weighted by Crippen LogP contribution is -2.16. The van der Waals surface area contributed by atoms with Crippen molar-refractivity contribution in [1.82, 2.24) is 9.97 Å². The van der Waals surface area contributed by atoms with Gasteiger partial charge >= 0.3 is 0 Å². The third kappa shape index (κ3) is 5.96. The van der Waals surface area contributed by atoms with Crippen LogP contribution in [0.1, 0.15) is 25.0 Å². The maximum absolute atomic E-state index is 5.28. The molecule has 0 saturated heterocycles. The smallest absolute Gasteiger partial charge is 0.160 e. The molecule has 0 atom stereocenters. The van der Waals surface area contributed by atoms with E-state index in [4.69, 9.17) is 9.97 Å². The Kier molecular flexibility index (Phi) is 8.20. The van der Waals surface area contributed by atoms with Gasteiger partial charge in [-0.2, -0.15) is 0 Å². The molecule has 0 amide bonds. The largest absolute Gasteiger partial charge is 0.228 e. The highest BCUT2D eigenvalue weighted by Crippen LogP contribution is 2.54. The van der Waals surface area contributed by atoms with E-state index in [1.807, 2.05) is 18.2 Å². The maximum Gasteiger partial charge on any atom is 0.160 e. The van der Waals surface area contributed by atoms with E-state index in [9.17, 15) is 0 Å². The predicted molar refractivity (Wildman–Crippen MR) is 247 cm³/mol. The van der Waals surface area contributed by atoms with Crippen LogP contribution in [-0.4, -0.2) is 9.97 Å². The van der Waals surface area contributed by atoms with Crippen molar-refractivity contribution in [2.75, 3.05) is 0 Å². The van der Waals surface area contributed by atoms with E-state index in [0.717, 1.165) is 33.6 Å². The molecule has 1 aliphatic rings. The topological polar surface area (TPSA) is 25.8 Å². The Labute approximate surface area is 345 Å². The molecule has 1 aromatic heterocycles. The van der Waals surface area contributed by atoms with Crippen molar-refractivity contribution >= 4 is 21.5 Å². The van der Waals surface area contributed by atoms with Crippen LogP contribution in [0.5, 0.6) is 0 Å². The molecule has 1 aliphatic carbocycles. The minimum Gasteiger partial charge on any atom is -0.228 e. The van der Waals surface area contributed by atoms with Gasteiger partial charge in [0, 0.05) is 22.1 Å². The lowest BCUT2D eigenvalue weighted by Gasteiger charge is -2.25. The minimum atomic E-state index is -0.169. The normalized spacial score (nSPS) is 12.7. The Balaban J connectivity index is 1.03. The highest BCUT2D eigenvalue weighted by molar-refractivity contribution is 6.07. The number of nitrogens with zero attached hydrogens (tertiary/aromatic N) is 2. The van der Waals surface area contributed by atoms with Crippen molar-refractivity contribution in [2.24, 2.45) is 0 Å². The molecule has 0 unspecified atom stereocenters. The molecule has 0 aliphatic heterocycles. The van der Waals surface area contributed by atoms with Gasteiger partial charge in [-0.05, 0) is 101 Å². The van der Waals surface area contributed by atoms with Gasteiger partial charge < -0.3 is 0 Å². The van der Waals surface area contributed by atoms with Crippen LogP contribution in [0.3, 0.4) is 0 Å². The van der Waals surface area contributed by atoms with Crippen LogP contribution in [0.4, 0.5) is 0 Å². The standard InChI is InChI=1S/C57H40N2/c1-57(2)52-35-44-20-10-9-19-43(44)34-51(52)50-26-14-25-49(55(50)57)47-31-32-48(46-24-12-11-23-45(46)47)54-36-53(58-56(59-54)40-17-7-4-8-18-40)39-29-27-38(28-30-39)42-22-13-21-41(33-42)37-15-5-3-6-16-37/h3-36H,1-2H3. The first-order valence-electron chi connectivity index (χ1n) is 20.4. The van der Waals surface area contributed by atoms with Crippen LogP contribution in [-0.2, 0) is 5.41 Å². The quantitative estimate of drug-likeness (QED) is 0.169. The van der Waals surface area contributed by atoms with Gasteiger partial charge in [0.1, 0.15) is 0 Å². The third-order valence-corrected chi connectivity index (χ3v) is 12.3. The highest BCUT2D eigenvalue weighted by Gasteiger charge is 2.38. The molecular formula is C57H40N2. The summed E-state index contributed by atoms with van der Waals surface area (Å²) in [5.74, 6) is 0.707. The molecule has 2 nitrogen and oxygen atoms in total. The van der Waals surface area contributed by atoms with Crippen molar-refractivity contribution in [2.45, 2.75) is 19.3 Å². The molecule has 278 valence electrons. The fraction of sp³-hybridized carbons (Fsp3) is 0.0526. The Morgan fingerprint density at radius 1 is 0.322 bits per heavy atom. The van der Waals surface area contributed by atoms with Gasteiger partial charge in [0.15, 0.2) is 5.82 Å². The van der Waals surface area contributed by atoms with Crippen molar-refractivity contribution in [1.29, 1.82) is 0 Å². The average molecular weight is 753 g/mol. The van der Waals surface area contributed by atoms with Crippen LogP contribution in [0.15, 0.2) is 206 Å². The fourth-order valence-electron chi connectivity index (χ4n) is 9.34. The van der Waals surface area contributed by atoms with E-state index in [0.29, 0.717) is 5.82 Å². The zero-order valence-electron chi connectivity index (χ0n) is 33.0. The van der Waals surface area contributed by atoms with Crippen molar-refractivity contribution in [3.05, 3.63) is 217 Å². The van der Waals surface area contributed by atoms with Crippen molar-refractivity contribution in [3.8, 4) is 78.4 Å². The van der Waals surface area contributed by atoms with Crippen LogP contribution in [0.2, 0.25) is 0 Å². The first-order valence-corrected chi connectivity index (χ1v) is 20.4. The Bertz CT molecular complexity index is 3220. The average Bonchev–Trinajstić information content (AvgIpc) is 3.53. The molecule has 0 N–H and O–H groups in total. The maximum atomic E-state index is 5.28. The molecule has 1 heterocycles. The number of aromatic nitrogens is 2. The molecular weight excluding hydrogens is 713 g/mol. The SMILES string of the molecule is CC1(C)c2cc3ccccc3cc2-c2cccc(-c3ccc(-c4cc(-c5ccc(-c6cccc(-c7ccccc7)c6)cc5)nc(-c5ccccc5)n4)c4ccccc34)c21. The first kappa shape index (κ1) is 34.8. The van der Waals surface area contributed by atoms with E-state index < -0.39 is 0 Å². The molecule has 9 aromatic carbocycles. The Morgan fingerprint density at radius 2 is 0.831 bits per heavy atom. The Morgan fingerprint density at radius 3 is 1.54 bits per heavy atom. The van der Waals surface area contributed by atoms with Crippen LogP contribution < -0.4 is 0 Å². The third-order valence-electron chi connectivity index (χ3n) is 12.3. The molecule has 10 aromatic rings. The van der Waals surface area contributed by atoms with E-state index in [-0.39, 0.29) is 5.41 Å². The molecule has 0 fully saturated rings. The molecule has 11 rings (SSSR count). The van der Waals surface area contributed by atoms with Gasteiger partial charge in [-0.1, -0.05) is 196 Å². The summed E-state index contributed by atoms with van der Waals surface area (Å²) >= 11 is 0. The summed E-state index contributed by atoms with van der Waals surface area (Å²) in [6.07, 6.45) is 0. The van der Waals surface area contributed by atoms with Crippen LogP contribution in [0.25, 0.3) is 100.0 Å². The van der Waals surface area contributed by atoms with Gasteiger partial charge in [-0.25, -0.2) is 9.97 Å². The molecule has 0 saturated carbocycles. The second kappa shape index (κ2) is 13.9. The summed E-state index contributed by atoms with van der Waals surface area (Å²) < 4.78 is 0. The van der Waals surface area contributed by atoms with E-state index >= 15 is 0 Å². The van der Waals surface area contributed by atoms with E-state index in [2.05, 4.69) is 202 Å². The molecule has 0 spiro atoms. The monoisotopic (exact) mass is 752 g/mol. The summed E-state index contributed by atoms with van der Waals surface area (Å²) in [5, 5.41) is 4.93. The van der Waals surface area contributed by atoms with Crippen molar-refractivity contribution in [3.63, 3.8) is 0 Å². The second-order valence-corrected chi connectivity index (χ2v) is 16.2. The second-order valence-electron chi connectivity index (χ2n) is 16.2. The highest BCUT2D eigenvalue weighted by atomic mass is 14.9. The van der Waals surface area contributed by atoms with E-state index in [1.54, 1.807) is 0 Å². The zero-order valence-corrected chi connectivity index (χ0v) is 33.0. The first-order chi connectivity index (χ1) is 29.0. The van der Waals surface area contributed by atoms with Gasteiger partial charge in [-0.15, -0.1) is 0 Å². The summed E-state index contributed by atoms with van der Waals surface area (Å²) in [4.78, 5) is 10.5. The Hall–Kier alpha value is -7.42. The fourth-order valence-corrected chi connectivity index (χ4v) is 9.34. The lowest BCUT2D eigenvalue weighted by molar-refractivity contribution is 0.663. The van der Waals surface area contributed by atoms with Crippen LogP contribution in [0, 0.1) is 0 Å². The van der Waals surface area contributed by atoms with Gasteiger partial charge in [-0.3, -0.25) is 0 Å². The molecule has 0 radical (unpaired) electrons.